The summed E-state index contributed by atoms with van der Waals surface area (Å²) >= 11 is 5.71. The number of pyridine rings is 1. The monoisotopic (exact) mass is 281 g/mol. The summed E-state index contributed by atoms with van der Waals surface area (Å²) in [5.41, 5.74) is 0.365. The van der Waals surface area contributed by atoms with E-state index in [0.29, 0.717) is 5.56 Å². The van der Waals surface area contributed by atoms with Gasteiger partial charge in [-0.1, -0.05) is 23.7 Å². The molecule has 0 amide bonds. The van der Waals surface area contributed by atoms with Crippen molar-refractivity contribution in [3.63, 3.8) is 0 Å². The van der Waals surface area contributed by atoms with Crippen LogP contribution >= 0.6 is 11.6 Å². The van der Waals surface area contributed by atoms with Crippen LogP contribution in [0.15, 0.2) is 30.5 Å². The van der Waals surface area contributed by atoms with Crippen LogP contribution in [-0.2, 0) is 0 Å². The van der Waals surface area contributed by atoms with Crippen molar-refractivity contribution in [2.45, 2.75) is 0 Å². The predicted molar refractivity (Wildman–Crippen MR) is 68.2 cm³/mol. The van der Waals surface area contributed by atoms with Crippen LogP contribution in [0.4, 0.5) is 4.39 Å². The fourth-order valence-corrected chi connectivity index (χ4v) is 1.81. The minimum Gasteiger partial charge on any atom is -0.496 e. The second-order valence-corrected chi connectivity index (χ2v) is 4.08. The largest absolute Gasteiger partial charge is 0.496 e. The number of aromatic nitrogens is 1. The van der Waals surface area contributed by atoms with Gasteiger partial charge >= 0.3 is 5.97 Å². The molecule has 0 aliphatic heterocycles. The summed E-state index contributed by atoms with van der Waals surface area (Å²) in [6, 6.07) is 5.76. The smallest absolute Gasteiger partial charge is 0.354 e. The lowest BCUT2D eigenvalue weighted by Gasteiger charge is -2.10. The molecule has 19 heavy (non-hydrogen) atoms. The lowest BCUT2D eigenvalue weighted by atomic mass is 10.1. The van der Waals surface area contributed by atoms with Crippen LogP contribution in [-0.4, -0.2) is 23.2 Å². The van der Waals surface area contributed by atoms with Crippen LogP contribution < -0.4 is 4.74 Å². The Morgan fingerprint density at radius 2 is 2.16 bits per heavy atom. The minimum absolute atomic E-state index is 0.0261. The van der Waals surface area contributed by atoms with Crippen molar-refractivity contribution in [2.24, 2.45) is 0 Å². The molecule has 2 rings (SSSR count). The van der Waals surface area contributed by atoms with Crippen molar-refractivity contribution < 1.29 is 19.0 Å². The Hall–Kier alpha value is -2.14. The van der Waals surface area contributed by atoms with Gasteiger partial charge in [-0.05, 0) is 6.07 Å². The van der Waals surface area contributed by atoms with Gasteiger partial charge in [0.2, 0.25) is 0 Å². The van der Waals surface area contributed by atoms with Crippen molar-refractivity contribution in [3.8, 4) is 16.9 Å². The van der Waals surface area contributed by atoms with E-state index >= 15 is 0 Å². The zero-order valence-corrected chi connectivity index (χ0v) is 10.6. The highest BCUT2D eigenvalue weighted by Crippen LogP contribution is 2.33. The number of carbonyl (C=O) groups is 1. The lowest BCUT2D eigenvalue weighted by Crippen LogP contribution is -2.02. The highest BCUT2D eigenvalue weighted by Gasteiger charge is 2.16. The third-order valence-corrected chi connectivity index (χ3v) is 2.84. The first-order chi connectivity index (χ1) is 9.04. The number of methoxy groups -OCH3 is 1. The standard InChI is InChI=1S/C13H9ClFNO3/c1-19-11-5-10(13(17)18)16-6-8(11)7-3-2-4-9(14)12(7)15/h2-6H,1H3,(H,17,18). The van der Waals surface area contributed by atoms with Gasteiger partial charge in [-0.15, -0.1) is 0 Å². The Bertz CT molecular complexity index is 646. The van der Waals surface area contributed by atoms with Crippen molar-refractivity contribution in [3.05, 3.63) is 47.0 Å². The van der Waals surface area contributed by atoms with Crippen molar-refractivity contribution in [2.75, 3.05) is 7.11 Å². The molecule has 98 valence electrons. The van der Waals surface area contributed by atoms with E-state index in [-0.39, 0.29) is 22.0 Å². The summed E-state index contributed by atoms with van der Waals surface area (Å²) in [7, 11) is 1.37. The number of hydrogen-bond acceptors (Lipinski definition) is 3. The van der Waals surface area contributed by atoms with E-state index in [1.807, 2.05) is 0 Å². The third-order valence-electron chi connectivity index (χ3n) is 2.55. The summed E-state index contributed by atoms with van der Waals surface area (Å²) in [6.45, 7) is 0. The van der Waals surface area contributed by atoms with E-state index in [1.165, 1.54) is 31.5 Å². The van der Waals surface area contributed by atoms with E-state index < -0.39 is 11.8 Å². The van der Waals surface area contributed by atoms with E-state index in [2.05, 4.69) is 4.98 Å². The Morgan fingerprint density at radius 3 is 2.79 bits per heavy atom. The molecule has 2 aromatic rings. The van der Waals surface area contributed by atoms with Crippen molar-refractivity contribution in [1.29, 1.82) is 0 Å². The number of hydrogen-bond donors (Lipinski definition) is 1. The highest BCUT2D eigenvalue weighted by atomic mass is 35.5. The molecular formula is C13H9ClFNO3. The second-order valence-electron chi connectivity index (χ2n) is 3.68. The molecule has 0 unspecified atom stereocenters. The SMILES string of the molecule is COc1cc(C(=O)O)ncc1-c1cccc(Cl)c1F. The van der Waals surface area contributed by atoms with Crippen LogP contribution in [0.1, 0.15) is 10.5 Å². The van der Waals surface area contributed by atoms with Crippen LogP contribution in [0.2, 0.25) is 5.02 Å². The molecule has 6 heteroatoms. The van der Waals surface area contributed by atoms with Crippen LogP contribution in [0.3, 0.4) is 0 Å². The Kier molecular flexibility index (Phi) is 3.66. The maximum atomic E-state index is 13.9. The number of ether oxygens (including phenoxy) is 1. The summed E-state index contributed by atoms with van der Waals surface area (Å²) in [5, 5.41) is 8.83. The summed E-state index contributed by atoms with van der Waals surface area (Å²) in [4.78, 5) is 14.6. The molecule has 0 saturated heterocycles. The molecule has 0 saturated carbocycles. The van der Waals surface area contributed by atoms with Crippen molar-refractivity contribution >= 4 is 17.6 Å². The Morgan fingerprint density at radius 1 is 1.42 bits per heavy atom. The van der Waals surface area contributed by atoms with E-state index in [0.717, 1.165) is 0 Å². The summed E-state index contributed by atoms with van der Waals surface area (Å²) in [5.74, 6) is -1.57. The molecule has 1 heterocycles. The van der Waals surface area contributed by atoms with E-state index in [9.17, 15) is 9.18 Å². The maximum Gasteiger partial charge on any atom is 0.354 e. The zero-order chi connectivity index (χ0) is 14.0. The average Bonchev–Trinajstić information content (AvgIpc) is 2.41. The number of halogens is 2. The van der Waals surface area contributed by atoms with Gasteiger partial charge in [-0.3, -0.25) is 0 Å². The molecule has 0 fully saturated rings. The zero-order valence-electron chi connectivity index (χ0n) is 9.85. The minimum atomic E-state index is -1.18. The lowest BCUT2D eigenvalue weighted by molar-refractivity contribution is 0.0690. The number of aromatic carboxylic acids is 1. The molecular weight excluding hydrogens is 273 g/mol. The van der Waals surface area contributed by atoms with E-state index in [4.69, 9.17) is 21.4 Å². The van der Waals surface area contributed by atoms with Gasteiger partial charge in [-0.25, -0.2) is 14.2 Å². The average molecular weight is 282 g/mol. The quantitative estimate of drug-likeness (QED) is 0.938. The van der Waals surface area contributed by atoms with Gasteiger partial charge in [0.25, 0.3) is 0 Å². The summed E-state index contributed by atoms with van der Waals surface area (Å²) < 4.78 is 19.0. The third kappa shape index (κ3) is 2.51. The Balaban J connectivity index is 2.62. The number of benzene rings is 1. The molecule has 4 nitrogen and oxygen atoms in total. The maximum absolute atomic E-state index is 13.9. The van der Waals surface area contributed by atoms with Gasteiger partial charge in [0, 0.05) is 23.4 Å². The first-order valence-corrected chi connectivity index (χ1v) is 5.64. The fourth-order valence-electron chi connectivity index (χ4n) is 1.64. The van der Waals surface area contributed by atoms with Gasteiger partial charge in [0.15, 0.2) is 5.69 Å². The first kappa shape index (κ1) is 13.3. The normalized spacial score (nSPS) is 10.3. The van der Waals surface area contributed by atoms with Gasteiger partial charge < -0.3 is 9.84 Å². The van der Waals surface area contributed by atoms with Crippen LogP contribution in [0.5, 0.6) is 5.75 Å². The van der Waals surface area contributed by atoms with Crippen LogP contribution in [0.25, 0.3) is 11.1 Å². The Labute approximate surface area is 113 Å². The van der Waals surface area contributed by atoms with Gasteiger partial charge in [0.1, 0.15) is 11.6 Å². The van der Waals surface area contributed by atoms with Crippen LogP contribution in [0, 0.1) is 5.82 Å². The highest BCUT2D eigenvalue weighted by molar-refractivity contribution is 6.31. The molecule has 0 atom stereocenters. The molecule has 1 N–H and O–H groups in total. The first-order valence-electron chi connectivity index (χ1n) is 5.26. The molecule has 0 spiro atoms. The number of carboxylic acid groups (broad SMARTS) is 1. The van der Waals surface area contributed by atoms with E-state index in [1.54, 1.807) is 6.07 Å². The summed E-state index contributed by atoms with van der Waals surface area (Å²) in [6.07, 6.45) is 1.25. The molecule has 0 aliphatic rings. The molecule has 1 aromatic heterocycles. The van der Waals surface area contributed by atoms with Crippen molar-refractivity contribution in [1.82, 2.24) is 4.98 Å². The molecule has 0 bridgehead atoms. The number of rotatable bonds is 3. The van der Waals surface area contributed by atoms with Gasteiger partial charge in [0.05, 0.1) is 12.1 Å². The molecule has 0 radical (unpaired) electrons. The topological polar surface area (TPSA) is 59.4 Å². The predicted octanol–water partition coefficient (Wildman–Crippen LogP) is 3.25. The molecule has 1 aromatic carbocycles. The fraction of sp³-hybridized carbons (Fsp3) is 0.0769. The van der Waals surface area contributed by atoms with Gasteiger partial charge in [-0.2, -0.15) is 0 Å². The number of carboxylic acids is 1. The molecule has 0 aliphatic carbocycles. The second kappa shape index (κ2) is 5.24. The number of nitrogens with zero attached hydrogens (tertiary/aromatic N) is 1.